The Morgan fingerprint density at radius 3 is 3.00 bits per heavy atom. The predicted molar refractivity (Wildman–Crippen MR) is 57.8 cm³/mol. The first-order chi connectivity index (χ1) is 8.24. The number of rotatable bonds is 2. The van der Waals surface area contributed by atoms with Crippen molar-refractivity contribution in [3.8, 4) is 0 Å². The van der Waals surface area contributed by atoms with Gasteiger partial charge >= 0.3 is 5.97 Å². The summed E-state index contributed by atoms with van der Waals surface area (Å²) in [6.07, 6.45) is 0.720. The van der Waals surface area contributed by atoms with Crippen LogP contribution in [0.15, 0.2) is 28.8 Å². The van der Waals surface area contributed by atoms with Crippen LogP contribution in [0.3, 0.4) is 0 Å². The van der Waals surface area contributed by atoms with Gasteiger partial charge in [0.1, 0.15) is 6.04 Å². The molecule has 3 rings (SSSR count). The number of carboxylic acid groups (broad SMARTS) is 1. The molecule has 17 heavy (non-hydrogen) atoms. The number of benzene rings is 1. The van der Waals surface area contributed by atoms with Gasteiger partial charge in [-0.3, -0.25) is 0 Å². The summed E-state index contributed by atoms with van der Waals surface area (Å²) in [5, 5.41) is 15.3. The normalized spacial score (nSPS) is 17.5. The summed E-state index contributed by atoms with van der Waals surface area (Å²) < 4.78 is 4.94. The number of carboxylic acids is 1. The van der Waals surface area contributed by atoms with Crippen LogP contribution in [-0.4, -0.2) is 21.2 Å². The van der Waals surface area contributed by atoms with Crippen LogP contribution in [-0.2, 0) is 6.42 Å². The quantitative estimate of drug-likeness (QED) is 0.813. The minimum atomic E-state index is -1.18. The van der Waals surface area contributed by atoms with Crippen molar-refractivity contribution in [3.63, 3.8) is 0 Å². The third-order valence-corrected chi connectivity index (χ3v) is 2.70. The molecule has 1 unspecified atom stereocenters. The average molecular weight is 231 g/mol. The van der Waals surface area contributed by atoms with Gasteiger partial charge in [-0.25, -0.2) is 4.79 Å². The third-order valence-electron chi connectivity index (χ3n) is 2.70. The first-order valence-electron chi connectivity index (χ1n) is 5.15. The molecule has 0 spiro atoms. The number of aromatic nitrogens is 2. The molecule has 86 valence electrons. The van der Waals surface area contributed by atoms with Gasteiger partial charge < -0.3 is 14.9 Å². The van der Waals surface area contributed by atoms with Crippen molar-refractivity contribution < 1.29 is 14.4 Å². The second-order valence-corrected chi connectivity index (χ2v) is 3.82. The highest BCUT2D eigenvalue weighted by atomic mass is 16.5. The maximum absolute atomic E-state index is 10.6. The van der Waals surface area contributed by atoms with E-state index in [1.54, 1.807) is 0 Å². The summed E-state index contributed by atoms with van der Waals surface area (Å²) >= 11 is 0. The summed E-state index contributed by atoms with van der Waals surface area (Å²) in [5.41, 5.74) is 2.18. The van der Waals surface area contributed by atoms with E-state index >= 15 is 0 Å². The fraction of sp³-hybridized carbons (Fsp3) is 0.182. The van der Waals surface area contributed by atoms with E-state index in [-0.39, 0.29) is 11.9 Å². The van der Waals surface area contributed by atoms with Gasteiger partial charge in [0.2, 0.25) is 5.89 Å². The summed E-state index contributed by atoms with van der Waals surface area (Å²) in [6, 6.07) is 7.72. The van der Waals surface area contributed by atoms with Crippen molar-refractivity contribution in [3.05, 3.63) is 41.5 Å². The third kappa shape index (κ3) is 1.63. The topological polar surface area (TPSA) is 88.2 Å². The first kappa shape index (κ1) is 9.83. The van der Waals surface area contributed by atoms with E-state index in [0.29, 0.717) is 5.89 Å². The molecule has 0 bridgehead atoms. The molecule has 0 saturated carbocycles. The van der Waals surface area contributed by atoms with Crippen molar-refractivity contribution in [1.29, 1.82) is 0 Å². The van der Waals surface area contributed by atoms with Gasteiger partial charge in [0.25, 0.3) is 5.82 Å². The van der Waals surface area contributed by atoms with Crippen LogP contribution < -0.4 is 5.32 Å². The van der Waals surface area contributed by atoms with Crippen molar-refractivity contribution in [1.82, 2.24) is 10.1 Å². The highest BCUT2D eigenvalue weighted by molar-refractivity contribution is 5.82. The van der Waals surface area contributed by atoms with Crippen LogP contribution in [0, 0.1) is 0 Å². The first-order valence-corrected chi connectivity index (χ1v) is 5.15. The Kier molecular flexibility index (Phi) is 2.07. The molecule has 1 atom stereocenters. The van der Waals surface area contributed by atoms with Crippen LogP contribution in [0.4, 0.5) is 5.69 Å². The Labute approximate surface area is 96.3 Å². The molecule has 0 amide bonds. The molecule has 2 N–H and O–H groups in total. The highest BCUT2D eigenvalue weighted by Gasteiger charge is 2.27. The molecule has 1 aliphatic heterocycles. The summed E-state index contributed by atoms with van der Waals surface area (Å²) in [7, 11) is 0. The summed E-state index contributed by atoms with van der Waals surface area (Å²) in [6.45, 7) is 0. The zero-order chi connectivity index (χ0) is 11.8. The molecule has 0 radical (unpaired) electrons. The molecular formula is C11H9N3O3. The zero-order valence-electron chi connectivity index (χ0n) is 8.75. The fourth-order valence-corrected chi connectivity index (χ4v) is 1.91. The number of carbonyl (C=O) groups is 1. The van der Waals surface area contributed by atoms with E-state index in [9.17, 15) is 4.79 Å². The molecule has 6 nitrogen and oxygen atoms in total. The van der Waals surface area contributed by atoms with E-state index in [4.69, 9.17) is 9.63 Å². The Morgan fingerprint density at radius 2 is 2.29 bits per heavy atom. The van der Waals surface area contributed by atoms with E-state index in [2.05, 4.69) is 15.5 Å². The largest absolute Gasteiger partial charge is 0.475 e. The minimum Gasteiger partial charge on any atom is -0.475 e. The number of anilines is 1. The van der Waals surface area contributed by atoms with Crippen LogP contribution >= 0.6 is 0 Å². The SMILES string of the molecule is O=C(O)c1noc(C2Cc3ccccc3N2)n1. The lowest BCUT2D eigenvalue weighted by atomic mass is 10.1. The number of aromatic carboxylic acids is 1. The van der Waals surface area contributed by atoms with Gasteiger partial charge in [-0.2, -0.15) is 4.98 Å². The van der Waals surface area contributed by atoms with Crippen LogP contribution in [0.25, 0.3) is 0 Å². The summed E-state index contributed by atoms with van der Waals surface area (Å²) in [4.78, 5) is 14.5. The maximum atomic E-state index is 10.6. The Balaban J connectivity index is 1.86. The van der Waals surface area contributed by atoms with Gasteiger partial charge in [0.05, 0.1) is 0 Å². The molecular weight excluding hydrogens is 222 g/mol. The Morgan fingerprint density at radius 1 is 1.47 bits per heavy atom. The van der Waals surface area contributed by atoms with Gasteiger partial charge in [-0.15, -0.1) is 0 Å². The number of fused-ring (bicyclic) bond motifs is 1. The smallest absolute Gasteiger partial charge is 0.377 e. The van der Waals surface area contributed by atoms with E-state index in [0.717, 1.165) is 17.7 Å². The number of hydrogen-bond acceptors (Lipinski definition) is 5. The number of nitrogens with one attached hydrogen (secondary N) is 1. The molecule has 2 aromatic rings. The number of nitrogens with zero attached hydrogens (tertiary/aromatic N) is 2. The second kappa shape index (κ2) is 3.58. The van der Waals surface area contributed by atoms with Crippen LogP contribution in [0.5, 0.6) is 0 Å². The summed E-state index contributed by atoms with van der Waals surface area (Å²) in [5.74, 6) is -1.19. The molecule has 1 aromatic carbocycles. The minimum absolute atomic E-state index is 0.145. The molecule has 0 aliphatic carbocycles. The lowest BCUT2D eigenvalue weighted by Gasteiger charge is -2.04. The lowest BCUT2D eigenvalue weighted by molar-refractivity contribution is 0.0680. The van der Waals surface area contributed by atoms with Gasteiger partial charge in [-0.05, 0) is 16.8 Å². The average Bonchev–Trinajstić information content (AvgIpc) is 2.95. The zero-order valence-corrected chi connectivity index (χ0v) is 8.75. The van der Waals surface area contributed by atoms with Crippen molar-refractivity contribution >= 4 is 11.7 Å². The van der Waals surface area contributed by atoms with Gasteiger partial charge in [-0.1, -0.05) is 18.2 Å². The van der Waals surface area contributed by atoms with E-state index in [1.807, 2.05) is 24.3 Å². The molecule has 1 aromatic heterocycles. The Bertz CT molecular complexity index is 554. The Hall–Kier alpha value is -2.37. The van der Waals surface area contributed by atoms with E-state index < -0.39 is 5.97 Å². The number of hydrogen-bond donors (Lipinski definition) is 2. The van der Waals surface area contributed by atoms with Crippen LogP contribution in [0.2, 0.25) is 0 Å². The van der Waals surface area contributed by atoms with E-state index in [1.165, 1.54) is 0 Å². The molecule has 0 saturated heterocycles. The van der Waals surface area contributed by atoms with Crippen molar-refractivity contribution in [2.24, 2.45) is 0 Å². The maximum Gasteiger partial charge on any atom is 0.377 e. The molecule has 2 heterocycles. The van der Waals surface area contributed by atoms with Crippen molar-refractivity contribution in [2.45, 2.75) is 12.5 Å². The van der Waals surface area contributed by atoms with Crippen LogP contribution in [0.1, 0.15) is 28.1 Å². The molecule has 0 fully saturated rings. The number of para-hydroxylation sites is 1. The monoisotopic (exact) mass is 231 g/mol. The lowest BCUT2D eigenvalue weighted by Crippen LogP contribution is -2.07. The van der Waals surface area contributed by atoms with Crippen molar-refractivity contribution in [2.75, 3.05) is 5.32 Å². The molecule has 1 aliphatic rings. The fourth-order valence-electron chi connectivity index (χ4n) is 1.91. The standard InChI is InChI=1S/C11H9N3O3/c15-11(16)9-13-10(17-14-9)8-5-6-3-1-2-4-7(6)12-8/h1-4,8,12H,5H2,(H,15,16). The highest BCUT2D eigenvalue weighted by Crippen LogP contribution is 2.32. The predicted octanol–water partition coefficient (Wildman–Crippen LogP) is 1.48. The van der Waals surface area contributed by atoms with Gasteiger partial charge in [0, 0.05) is 12.1 Å². The molecule has 6 heteroatoms. The second-order valence-electron chi connectivity index (χ2n) is 3.82. The van der Waals surface area contributed by atoms with Gasteiger partial charge in [0.15, 0.2) is 0 Å².